The number of anilines is 2. The summed E-state index contributed by atoms with van der Waals surface area (Å²) in [6.45, 7) is 0.583. The number of halogens is 3. The van der Waals surface area contributed by atoms with Gasteiger partial charge in [-0.15, -0.1) is 0 Å². The molecular weight excluding hydrogens is 351 g/mol. The first-order chi connectivity index (χ1) is 9.11. The number of hydrogen-bond acceptors (Lipinski definition) is 4. The molecule has 0 aliphatic rings. The molecule has 1 heterocycles. The predicted octanol–water partition coefficient (Wildman–Crippen LogP) is 4.05. The zero-order valence-corrected chi connectivity index (χ0v) is 12.9. The van der Waals surface area contributed by atoms with Crippen LogP contribution in [0.3, 0.4) is 0 Å². The molecule has 0 atom stereocenters. The van der Waals surface area contributed by atoms with Crippen LogP contribution >= 0.6 is 39.1 Å². The van der Waals surface area contributed by atoms with Crippen LogP contribution in [-0.2, 0) is 6.54 Å². The number of hydrazine groups is 1. The Bertz CT molecular complexity index is 592. The summed E-state index contributed by atoms with van der Waals surface area (Å²) in [7, 11) is 0. The van der Waals surface area contributed by atoms with Gasteiger partial charge in [0.1, 0.15) is 5.82 Å². The molecule has 0 bridgehead atoms. The molecule has 100 valence electrons. The van der Waals surface area contributed by atoms with Gasteiger partial charge >= 0.3 is 0 Å². The molecule has 0 unspecified atom stereocenters. The summed E-state index contributed by atoms with van der Waals surface area (Å²) in [5.41, 5.74) is 3.52. The minimum atomic E-state index is 0.374. The second kappa shape index (κ2) is 6.43. The van der Waals surface area contributed by atoms with E-state index in [2.05, 4.69) is 31.7 Å². The lowest BCUT2D eigenvalue weighted by Gasteiger charge is -2.11. The van der Waals surface area contributed by atoms with E-state index in [1.165, 1.54) is 0 Å². The lowest BCUT2D eigenvalue weighted by Crippen LogP contribution is -2.11. The van der Waals surface area contributed by atoms with E-state index in [4.69, 9.17) is 29.0 Å². The van der Waals surface area contributed by atoms with E-state index >= 15 is 0 Å². The first-order valence-corrected chi connectivity index (χ1v) is 6.96. The lowest BCUT2D eigenvalue weighted by atomic mass is 10.2. The number of nitrogens with two attached hydrogens (primary N) is 1. The molecule has 1 aromatic carbocycles. The highest BCUT2D eigenvalue weighted by Crippen LogP contribution is 2.29. The lowest BCUT2D eigenvalue weighted by molar-refractivity contribution is 1.10. The SMILES string of the molecule is NNc1nc(NCc2ccccc2Br)c(Cl)cc1Cl. The van der Waals surface area contributed by atoms with Gasteiger partial charge in [-0.05, 0) is 17.7 Å². The molecule has 1 aromatic heterocycles. The van der Waals surface area contributed by atoms with Gasteiger partial charge in [-0.25, -0.2) is 10.8 Å². The van der Waals surface area contributed by atoms with Gasteiger partial charge in [0.15, 0.2) is 5.82 Å². The van der Waals surface area contributed by atoms with Gasteiger partial charge in [0, 0.05) is 11.0 Å². The van der Waals surface area contributed by atoms with E-state index in [1.807, 2.05) is 24.3 Å². The van der Waals surface area contributed by atoms with Crippen molar-refractivity contribution < 1.29 is 0 Å². The third-order valence-electron chi connectivity index (χ3n) is 2.47. The number of benzene rings is 1. The van der Waals surface area contributed by atoms with Crippen molar-refractivity contribution in [1.82, 2.24) is 4.98 Å². The Kier molecular flexibility index (Phi) is 4.87. The quantitative estimate of drug-likeness (QED) is 0.567. The van der Waals surface area contributed by atoms with Crippen molar-refractivity contribution in [3.05, 3.63) is 50.4 Å². The van der Waals surface area contributed by atoms with Crippen LogP contribution in [0.25, 0.3) is 0 Å². The van der Waals surface area contributed by atoms with Crippen molar-refractivity contribution in [2.24, 2.45) is 5.84 Å². The molecule has 4 N–H and O–H groups in total. The van der Waals surface area contributed by atoms with Crippen molar-refractivity contribution in [2.45, 2.75) is 6.54 Å². The van der Waals surface area contributed by atoms with Crippen molar-refractivity contribution in [3.8, 4) is 0 Å². The van der Waals surface area contributed by atoms with Crippen molar-refractivity contribution in [2.75, 3.05) is 10.7 Å². The Morgan fingerprint density at radius 2 is 1.84 bits per heavy atom. The van der Waals surface area contributed by atoms with Gasteiger partial charge in [0.2, 0.25) is 0 Å². The molecule has 7 heteroatoms. The molecule has 19 heavy (non-hydrogen) atoms. The minimum Gasteiger partial charge on any atom is -0.365 e. The van der Waals surface area contributed by atoms with Gasteiger partial charge in [-0.3, -0.25) is 0 Å². The highest BCUT2D eigenvalue weighted by atomic mass is 79.9. The van der Waals surface area contributed by atoms with Crippen LogP contribution in [0, 0.1) is 0 Å². The smallest absolute Gasteiger partial charge is 0.161 e. The first-order valence-electron chi connectivity index (χ1n) is 5.41. The van der Waals surface area contributed by atoms with Crippen LogP contribution in [0.1, 0.15) is 5.56 Å². The van der Waals surface area contributed by atoms with E-state index < -0.39 is 0 Å². The molecule has 2 rings (SSSR count). The van der Waals surface area contributed by atoms with Crippen LogP contribution in [-0.4, -0.2) is 4.98 Å². The number of rotatable bonds is 4. The molecule has 0 radical (unpaired) electrons. The van der Waals surface area contributed by atoms with Gasteiger partial charge in [-0.2, -0.15) is 0 Å². The summed E-state index contributed by atoms with van der Waals surface area (Å²) < 4.78 is 1.02. The van der Waals surface area contributed by atoms with E-state index in [0.29, 0.717) is 28.2 Å². The van der Waals surface area contributed by atoms with Crippen LogP contribution in [0.2, 0.25) is 10.0 Å². The van der Waals surface area contributed by atoms with Crippen LogP contribution in [0.5, 0.6) is 0 Å². The molecule has 2 aromatic rings. The summed E-state index contributed by atoms with van der Waals surface area (Å²) in [5, 5.41) is 3.96. The number of hydrogen-bond donors (Lipinski definition) is 3. The summed E-state index contributed by atoms with van der Waals surface area (Å²) in [6.07, 6.45) is 0. The fraction of sp³-hybridized carbons (Fsp3) is 0.0833. The Morgan fingerprint density at radius 3 is 2.53 bits per heavy atom. The fourth-order valence-electron chi connectivity index (χ4n) is 1.51. The van der Waals surface area contributed by atoms with Crippen molar-refractivity contribution in [3.63, 3.8) is 0 Å². The summed E-state index contributed by atoms with van der Waals surface area (Å²) >= 11 is 15.5. The molecule has 0 saturated carbocycles. The average Bonchev–Trinajstić information content (AvgIpc) is 2.39. The largest absolute Gasteiger partial charge is 0.365 e. The maximum absolute atomic E-state index is 6.07. The average molecular weight is 362 g/mol. The number of nitrogen functional groups attached to an aromatic ring is 1. The number of nitrogens with one attached hydrogen (secondary N) is 2. The highest BCUT2D eigenvalue weighted by Gasteiger charge is 2.08. The third kappa shape index (κ3) is 3.51. The monoisotopic (exact) mass is 360 g/mol. The predicted molar refractivity (Wildman–Crippen MR) is 83.5 cm³/mol. The molecule has 0 fully saturated rings. The van der Waals surface area contributed by atoms with Crippen LogP contribution in [0.15, 0.2) is 34.8 Å². The summed E-state index contributed by atoms with van der Waals surface area (Å²) in [4.78, 5) is 4.21. The normalized spacial score (nSPS) is 10.3. The van der Waals surface area contributed by atoms with Gasteiger partial charge < -0.3 is 10.7 Å². The molecule has 4 nitrogen and oxygen atoms in total. The van der Waals surface area contributed by atoms with Gasteiger partial charge in [0.25, 0.3) is 0 Å². The molecule has 0 saturated heterocycles. The molecule has 0 spiro atoms. The zero-order chi connectivity index (χ0) is 13.8. The van der Waals surface area contributed by atoms with E-state index in [1.54, 1.807) is 6.07 Å². The van der Waals surface area contributed by atoms with Gasteiger partial charge in [0.05, 0.1) is 10.0 Å². The van der Waals surface area contributed by atoms with Gasteiger partial charge in [-0.1, -0.05) is 57.3 Å². The maximum atomic E-state index is 6.07. The Hall–Kier alpha value is -1.01. The standard InChI is InChI=1S/C12H11BrCl2N4/c13-8-4-2-1-3-7(8)6-17-11-9(14)5-10(15)12(18-11)19-16/h1-5H,6,16H2,(H2,17,18,19). The van der Waals surface area contributed by atoms with Crippen LogP contribution < -0.4 is 16.6 Å². The summed E-state index contributed by atoms with van der Waals surface area (Å²) in [6, 6.07) is 9.49. The van der Waals surface area contributed by atoms with Crippen molar-refractivity contribution >= 4 is 50.8 Å². The number of nitrogens with zero attached hydrogens (tertiary/aromatic N) is 1. The van der Waals surface area contributed by atoms with E-state index in [-0.39, 0.29) is 0 Å². The second-order valence-electron chi connectivity index (χ2n) is 3.74. The molecule has 0 aliphatic carbocycles. The number of aromatic nitrogens is 1. The Labute approximate surface area is 129 Å². The summed E-state index contributed by atoms with van der Waals surface area (Å²) in [5.74, 6) is 6.22. The third-order valence-corrected chi connectivity index (χ3v) is 3.82. The highest BCUT2D eigenvalue weighted by molar-refractivity contribution is 9.10. The Balaban J connectivity index is 2.18. The topological polar surface area (TPSA) is 63.0 Å². The maximum Gasteiger partial charge on any atom is 0.161 e. The van der Waals surface area contributed by atoms with E-state index in [0.717, 1.165) is 10.0 Å². The second-order valence-corrected chi connectivity index (χ2v) is 5.41. The minimum absolute atomic E-state index is 0.374. The Morgan fingerprint density at radius 1 is 1.16 bits per heavy atom. The van der Waals surface area contributed by atoms with Crippen molar-refractivity contribution in [1.29, 1.82) is 0 Å². The zero-order valence-electron chi connectivity index (χ0n) is 9.75. The number of pyridine rings is 1. The molecule has 0 aliphatic heterocycles. The molecular formula is C12H11BrCl2N4. The fourth-order valence-corrected chi connectivity index (χ4v) is 2.42. The first kappa shape index (κ1) is 14.4. The van der Waals surface area contributed by atoms with E-state index in [9.17, 15) is 0 Å². The van der Waals surface area contributed by atoms with Crippen LogP contribution in [0.4, 0.5) is 11.6 Å². The molecule has 0 amide bonds.